The Bertz CT molecular complexity index is 571. The second-order valence-corrected chi connectivity index (χ2v) is 14.6. The van der Waals surface area contributed by atoms with Crippen molar-refractivity contribution < 1.29 is 0 Å². The van der Waals surface area contributed by atoms with E-state index >= 15 is 0 Å². The zero-order valence-electron chi connectivity index (χ0n) is 27.4. The summed E-state index contributed by atoms with van der Waals surface area (Å²) >= 11 is 0. The van der Waals surface area contributed by atoms with E-state index in [0.29, 0.717) is 11.5 Å². The molecule has 3 nitrogen and oxygen atoms in total. The maximum Gasteiger partial charge on any atom is 0.00387 e. The molecule has 5 saturated carbocycles. The molecule has 3 heteroatoms. The molecule has 0 aromatic rings. The molecule has 0 aromatic carbocycles. The summed E-state index contributed by atoms with van der Waals surface area (Å²) in [5, 5.41) is 0. The maximum absolute atomic E-state index is 5.93. The van der Waals surface area contributed by atoms with Crippen LogP contribution in [-0.4, -0.2) is 19.1 Å². The molecule has 0 spiro atoms. The SMILES string of the molecule is CCCCCCCC/C=C\CCCCCCCCN.C[C@H](N)C1CCCCC1.NCC12CC3CC(CC(C3)C1)C2. The zero-order valence-corrected chi connectivity index (χ0v) is 27.4. The van der Waals surface area contributed by atoms with Crippen LogP contribution in [-0.2, 0) is 0 Å². The lowest BCUT2D eigenvalue weighted by atomic mass is 9.50. The van der Waals surface area contributed by atoms with Crippen LogP contribution >= 0.6 is 0 Å². The van der Waals surface area contributed by atoms with E-state index < -0.39 is 0 Å². The highest BCUT2D eigenvalue weighted by molar-refractivity contribution is 5.01. The van der Waals surface area contributed by atoms with Gasteiger partial charge in [-0.25, -0.2) is 0 Å². The van der Waals surface area contributed by atoms with Gasteiger partial charge in [-0.05, 0) is 133 Å². The summed E-state index contributed by atoms with van der Waals surface area (Å²) in [6.07, 6.45) is 39.9. The van der Waals surface area contributed by atoms with Crippen LogP contribution in [0.25, 0.3) is 0 Å². The van der Waals surface area contributed by atoms with Gasteiger partial charge in [0.05, 0.1) is 0 Å². The lowest BCUT2D eigenvalue weighted by Crippen LogP contribution is -2.49. The minimum absolute atomic E-state index is 0.435. The molecule has 0 unspecified atom stereocenters. The lowest BCUT2D eigenvalue weighted by Gasteiger charge is -2.56. The number of hydrogen-bond donors (Lipinski definition) is 3. The molecule has 0 heterocycles. The van der Waals surface area contributed by atoms with Crippen LogP contribution in [0, 0.1) is 29.1 Å². The van der Waals surface area contributed by atoms with Crippen LogP contribution in [0.4, 0.5) is 0 Å². The highest BCUT2D eigenvalue weighted by Gasteiger charge is 2.49. The Kier molecular flexibility index (Phi) is 19.9. The van der Waals surface area contributed by atoms with Gasteiger partial charge in [0.2, 0.25) is 0 Å². The van der Waals surface area contributed by atoms with E-state index in [4.69, 9.17) is 17.2 Å². The van der Waals surface area contributed by atoms with Crippen LogP contribution in [0.5, 0.6) is 0 Å². The second kappa shape index (κ2) is 22.2. The Morgan fingerprint density at radius 1 is 0.650 bits per heavy atom. The first kappa shape index (κ1) is 35.8. The van der Waals surface area contributed by atoms with E-state index in [0.717, 1.165) is 36.8 Å². The summed E-state index contributed by atoms with van der Waals surface area (Å²) < 4.78 is 0. The fourth-order valence-electron chi connectivity index (χ4n) is 8.59. The Morgan fingerprint density at radius 3 is 1.50 bits per heavy atom. The summed E-state index contributed by atoms with van der Waals surface area (Å²) in [4.78, 5) is 0. The van der Waals surface area contributed by atoms with Crippen molar-refractivity contribution in [2.75, 3.05) is 13.1 Å². The van der Waals surface area contributed by atoms with Gasteiger partial charge in [0.1, 0.15) is 0 Å². The van der Waals surface area contributed by atoms with Crippen molar-refractivity contribution >= 4 is 0 Å². The fourth-order valence-corrected chi connectivity index (χ4v) is 8.59. The lowest BCUT2D eigenvalue weighted by molar-refractivity contribution is -0.0468. The van der Waals surface area contributed by atoms with E-state index in [1.165, 1.54) is 161 Å². The molecular weight excluding hydrogens is 486 g/mol. The summed E-state index contributed by atoms with van der Waals surface area (Å²) in [6.45, 7) is 6.24. The van der Waals surface area contributed by atoms with E-state index in [9.17, 15) is 0 Å². The topological polar surface area (TPSA) is 78.1 Å². The van der Waals surface area contributed by atoms with Crippen LogP contribution < -0.4 is 17.2 Å². The average Bonchev–Trinajstić information content (AvgIpc) is 2.96. The molecule has 6 N–H and O–H groups in total. The van der Waals surface area contributed by atoms with Gasteiger partial charge in [0.15, 0.2) is 0 Å². The maximum atomic E-state index is 5.93. The molecule has 5 aliphatic carbocycles. The summed E-state index contributed by atoms with van der Waals surface area (Å²) in [5.74, 6) is 4.04. The number of unbranched alkanes of at least 4 members (excludes halogenated alkanes) is 12. The number of hydrogen-bond acceptors (Lipinski definition) is 3. The Hall–Kier alpha value is -0.380. The molecule has 5 fully saturated rings. The van der Waals surface area contributed by atoms with E-state index in [2.05, 4.69) is 26.0 Å². The predicted molar refractivity (Wildman–Crippen MR) is 178 cm³/mol. The largest absolute Gasteiger partial charge is 0.330 e. The first-order valence-corrected chi connectivity index (χ1v) is 18.3. The molecule has 4 bridgehead atoms. The van der Waals surface area contributed by atoms with Crippen molar-refractivity contribution in [2.24, 2.45) is 46.3 Å². The molecule has 1 atom stereocenters. The molecule has 40 heavy (non-hydrogen) atoms. The number of rotatable bonds is 17. The summed E-state index contributed by atoms with van der Waals surface area (Å²) in [6, 6.07) is 0.435. The molecule has 5 rings (SSSR count). The first-order valence-electron chi connectivity index (χ1n) is 18.3. The van der Waals surface area contributed by atoms with Crippen LogP contribution in [0.15, 0.2) is 12.2 Å². The molecule has 0 aliphatic heterocycles. The standard InChI is InChI=1S/C18H37N.C11H19N.C8H17N/c1-2-3-4-5-6-7-8-9-10-11-12-13-14-15-16-17-18-19;12-7-11-4-8-1-9(5-11)3-10(2-8)6-11;1-7(9)8-5-3-2-4-6-8/h9-10H,2-8,11-19H2,1H3;8-10H,1-7,12H2;7-8H,2-6,9H2,1H3/b10-9-;;/t;;7-/m..0/s1. The van der Waals surface area contributed by atoms with Gasteiger partial charge in [-0.3, -0.25) is 0 Å². The Balaban J connectivity index is 0.000000225. The van der Waals surface area contributed by atoms with Gasteiger partial charge in [0.25, 0.3) is 0 Å². The molecule has 5 aliphatic rings. The third-order valence-corrected chi connectivity index (χ3v) is 10.7. The molecule has 236 valence electrons. The van der Waals surface area contributed by atoms with Crippen LogP contribution in [0.3, 0.4) is 0 Å². The van der Waals surface area contributed by atoms with E-state index in [1.807, 2.05) is 0 Å². The van der Waals surface area contributed by atoms with Crippen molar-refractivity contribution in [1.29, 1.82) is 0 Å². The number of allylic oxidation sites excluding steroid dienone is 2. The van der Waals surface area contributed by atoms with Crippen molar-refractivity contribution in [3.8, 4) is 0 Å². The average molecular weight is 560 g/mol. The Morgan fingerprint density at radius 2 is 1.10 bits per heavy atom. The minimum atomic E-state index is 0.435. The highest BCUT2D eigenvalue weighted by atomic mass is 14.7. The van der Waals surface area contributed by atoms with Crippen molar-refractivity contribution in [1.82, 2.24) is 0 Å². The van der Waals surface area contributed by atoms with E-state index in [1.54, 1.807) is 0 Å². The van der Waals surface area contributed by atoms with Gasteiger partial charge >= 0.3 is 0 Å². The number of nitrogens with two attached hydrogens (primary N) is 3. The van der Waals surface area contributed by atoms with Crippen LogP contribution in [0.2, 0.25) is 0 Å². The van der Waals surface area contributed by atoms with E-state index in [-0.39, 0.29) is 0 Å². The third kappa shape index (κ3) is 15.2. The molecule has 0 radical (unpaired) electrons. The highest BCUT2D eigenvalue weighted by Crippen LogP contribution is 2.59. The van der Waals surface area contributed by atoms with Gasteiger partial charge in [-0.15, -0.1) is 0 Å². The zero-order chi connectivity index (χ0) is 28.9. The summed E-state index contributed by atoms with van der Waals surface area (Å²) in [5.41, 5.74) is 17.8. The second-order valence-electron chi connectivity index (χ2n) is 14.6. The quantitative estimate of drug-likeness (QED) is 0.122. The molecule has 0 aromatic heterocycles. The minimum Gasteiger partial charge on any atom is -0.330 e. The monoisotopic (exact) mass is 560 g/mol. The van der Waals surface area contributed by atoms with Gasteiger partial charge in [-0.2, -0.15) is 0 Å². The van der Waals surface area contributed by atoms with Gasteiger partial charge in [-0.1, -0.05) is 96.1 Å². The smallest absolute Gasteiger partial charge is 0.00387 e. The van der Waals surface area contributed by atoms with Crippen LogP contribution in [0.1, 0.15) is 174 Å². The molecular formula is C37H73N3. The summed E-state index contributed by atoms with van der Waals surface area (Å²) in [7, 11) is 0. The predicted octanol–water partition coefficient (Wildman–Crippen LogP) is 10.1. The van der Waals surface area contributed by atoms with Gasteiger partial charge < -0.3 is 17.2 Å². The van der Waals surface area contributed by atoms with Gasteiger partial charge in [0, 0.05) is 6.04 Å². The Labute approximate surface area is 251 Å². The van der Waals surface area contributed by atoms with Crippen molar-refractivity contribution in [2.45, 2.75) is 180 Å². The van der Waals surface area contributed by atoms with Crippen molar-refractivity contribution in [3.05, 3.63) is 12.2 Å². The normalized spacial score (nSPS) is 28.2. The molecule has 0 amide bonds. The fraction of sp³-hybridized carbons (Fsp3) is 0.946. The first-order chi connectivity index (χ1) is 19.5. The third-order valence-electron chi connectivity index (χ3n) is 10.7. The molecule has 0 saturated heterocycles. The van der Waals surface area contributed by atoms with Crippen molar-refractivity contribution in [3.63, 3.8) is 0 Å².